The first-order valence-corrected chi connectivity index (χ1v) is 7.84. The van der Waals surface area contributed by atoms with Gasteiger partial charge in [0, 0.05) is 32.4 Å². The first-order valence-electron chi connectivity index (χ1n) is 7.84. The zero-order valence-corrected chi connectivity index (χ0v) is 12.6. The van der Waals surface area contributed by atoms with Crippen molar-refractivity contribution in [2.75, 3.05) is 26.4 Å². The molecule has 0 aliphatic carbocycles. The molecule has 0 saturated carbocycles. The Bertz CT molecular complexity index is 443. The SMILES string of the molecule is CCNCc1ccc(OC2CCOC3(CCOC3)C2)cn1. The second-order valence-electron chi connectivity index (χ2n) is 5.83. The molecule has 3 rings (SSSR count). The predicted octanol–water partition coefficient (Wildman–Crippen LogP) is 1.91. The fourth-order valence-corrected chi connectivity index (χ4v) is 2.98. The molecule has 2 saturated heterocycles. The second-order valence-corrected chi connectivity index (χ2v) is 5.83. The average molecular weight is 292 g/mol. The highest BCUT2D eigenvalue weighted by atomic mass is 16.6. The molecule has 5 nitrogen and oxygen atoms in total. The Kier molecular flexibility index (Phi) is 4.73. The van der Waals surface area contributed by atoms with Gasteiger partial charge in [-0.05, 0) is 18.7 Å². The Morgan fingerprint density at radius 1 is 1.43 bits per heavy atom. The summed E-state index contributed by atoms with van der Waals surface area (Å²) in [6.45, 7) is 6.09. The lowest BCUT2D eigenvalue weighted by Crippen LogP contribution is -2.44. The lowest BCUT2D eigenvalue weighted by atomic mass is 9.91. The van der Waals surface area contributed by atoms with Crippen LogP contribution in [-0.4, -0.2) is 43.1 Å². The first kappa shape index (κ1) is 14.8. The summed E-state index contributed by atoms with van der Waals surface area (Å²) < 4.78 is 17.5. The van der Waals surface area contributed by atoms with E-state index in [2.05, 4.69) is 17.2 Å². The molecule has 3 heterocycles. The third-order valence-electron chi connectivity index (χ3n) is 4.17. The minimum atomic E-state index is -0.110. The van der Waals surface area contributed by atoms with Crippen LogP contribution in [0.2, 0.25) is 0 Å². The van der Waals surface area contributed by atoms with Crippen LogP contribution in [0.25, 0.3) is 0 Å². The van der Waals surface area contributed by atoms with Crippen LogP contribution >= 0.6 is 0 Å². The van der Waals surface area contributed by atoms with Crippen molar-refractivity contribution in [3.05, 3.63) is 24.0 Å². The lowest BCUT2D eigenvalue weighted by molar-refractivity contribution is -0.112. The molecule has 21 heavy (non-hydrogen) atoms. The highest BCUT2D eigenvalue weighted by molar-refractivity contribution is 5.20. The van der Waals surface area contributed by atoms with Gasteiger partial charge in [0.25, 0.3) is 0 Å². The molecular weight excluding hydrogens is 268 g/mol. The third kappa shape index (κ3) is 3.73. The Hall–Kier alpha value is -1.17. The summed E-state index contributed by atoms with van der Waals surface area (Å²) in [5, 5.41) is 3.26. The minimum Gasteiger partial charge on any atom is -0.489 e. The highest BCUT2D eigenvalue weighted by Crippen LogP contribution is 2.34. The van der Waals surface area contributed by atoms with Crippen molar-refractivity contribution in [1.29, 1.82) is 0 Å². The van der Waals surface area contributed by atoms with Crippen molar-refractivity contribution in [2.24, 2.45) is 0 Å². The van der Waals surface area contributed by atoms with Crippen molar-refractivity contribution < 1.29 is 14.2 Å². The van der Waals surface area contributed by atoms with E-state index in [4.69, 9.17) is 14.2 Å². The fourth-order valence-electron chi connectivity index (χ4n) is 2.98. The maximum Gasteiger partial charge on any atom is 0.138 e. The van der Waals surface area contributed by atoms with Crippen LogP contribution < -0.4 is 10.1 Å². The van der Waals surface area contributed by atoms with Crippen LogP contribution in [0.15, 0.2) is 18.3 Å². The molecule has 1 spiro atoms. The van der Waals surface area contributed by atoms with E-state index in [1.807, 2.05) is 18.3 Å². The number of aromatic nitrogens is 1. The van der Waals surface area contributed by atoms with Gasteiger partial charge in [-0.25, -0.2) is 0 Å². The summed E-state index contributed by atoms with van der Waals surface area (Å²) in [6, 6.07) is 4.03. The van der Waals surface area contributed by atoms with Gasteiger partial charge in [-0.3, -0.25) is 4.98 Å². The van der Waals surface area contributed by atoms with Crippen molar-refractivity contribution >= 4 is 0 Å². The van der Waals surface area contributed by atoms with Crippen molar-refractivity contribution in [2.45, 2.75) is 44.4 Å². The quantitative estimate of drug-likeness (QED) is 0.898. The molecule has 1 aromatic rings. The van der Waals surface area contributed by atoms with Crippen LogP contribution in [0.4, 0.5) is 0 Å². The number of hydrogen-bond acceptors (Lipinski definition) is 5. The van der Waals surface area contributed by atoms with Crippen LogP contribution in [-0.2, 0) is 16.0 Å². The Labute approximate surface area is 126 Å². The van der Waals surface area contributed by atoms with Crippen molar-refractivity contribution in [1.82, 2.24) is 10.3 Å². The maximum absolute atomic E-state index is 6.08. The smallest absolute Gasteiger partial charge is 0.138 e. The number of ether oxygens (including phenoxy) is 3. The molecule has 0 amide bonds. The summed E-state index contributed by atoms with van der Waals surface area (Å²) in [4.78, 5) is 4.43. The van der Waals surface area contributed by atoms with Crippen LogP contribution in [0.5, 0.6) is 5.75 Å². The molecule has 2 fully saturated rings. The largest absolute Gasteiger partial charge is 0.489 e. The van der Waals surface area contributed by atoms with E-state index in [9.17, 15) is 0 Å². The number of hydrogen-bond donors (Lipinski definition) is 1. The Morgan fingerprint density at radius 3 is 3.10 bits per heavy atom. The third-order valence-corrected chi connectivity index (χ3v) is 4.17. The molecule has 0 aromatic carbocycles. The zero-order chi connectivity index (χ0) is 14.5. The Morgan fingerprint density at radius 2 is 2.38 bits per heavy atom. The second kappa shape index (κ2) is 6.73. The van der Waals surface area contributed by atoms with E-state index >= 15 is 0 Å². The van der Waals surface area contributed by atoms with Crippen LogP contribution in [0.3, 0.4) is 0 Å². The molecule has 1 aromatic heterocycles. The van der Waals surface area contributed by atoms with Crippen LogP contribution in [0, 0.1) is 0 Å². The normalized spacial score (nSPS) is 28.9. The van der Waals surface area contributed by atoms with Crippen LogP contribution in [0.1, 0.15) is 31.9 Å². The molecule has 116 valence electrons. The number of rotatable bonds is 5. The van der Waals surface area contributed by atoms with E-state index < -0.39 is 0 Å². The van der Waals surface area contributed by atoms with Gasteiger partial charge in [-0.1, -0.05) is 6.92 Å². The Balaban J connectivity index is 1.55. The molecule has 2 aliphatic rings. The van der Waals surface area contributed by atoms with E-state index in [0.29, 0.717) is 6.61 Å². The van der Waals surface area contributed by atoms with Gasteiger partial charge in [0.1, 0.15) is 11.9 Å². The van der Waals surface area contributed by atoms with E-state index in [1.54, 1.807) is 0 Å². The topological polar surface area (TPSA) is 52.6 Å². The lowest BCUT2D eigenvalue weighted by Gasteiger charge is -2.36. The summed E-state index contributed by atoms with van der Waals surface area (Å²) in [7, 11) is 0. The zero-order valence-electron chi connectivity index (χ0n) is 12.6. The molecule has 1 N–H and O–H groups in total. The average Bonchev–Trinajstić information content (AvgIpc) is 2.94. The van der Waals surface area contributed by atoms with Gasteiger partial charge in [0.05, 0.1) is 30.7 Å². The number of nitrogens with one attached hydrogen (secondary N) is 1. The van der Waals surface area contributed by atoms with Gasteiger partial charge in [-0.15, -0.1) is 0 Å². The summed E-state index contributed by atoms with van der Waals surface area (Å²) >= 11 is 0. The maximum atomic E-state index is 6.08. The number of pyridine rings is 1. The van der Waals surface area contributed by atoms with E-state index in [1.165, 1.54) is 0 Å². The number of nitrogens with zero attached hydrogens (tertiary/aromatic N) is 1. The van der Waals surface area contributed by atoms with Gasteiger partial charge in [-0.2, -0.15) is 0 Å². The standard InChI is InChI=1S/C16H24N2O3/c1-2-17-10-13-3-4-15(11-18-13)21-14-5-7-20-16(9-14)6-8-19-12-16/h3-4,11,14,17H,2,5-10,12H2,1H3. The summed E-state index contributed by atoms with van der Waals surface area (Å²) in [6.07, 6.45) is 4.83. The molecule has 0 bridgehead atoms. The molecule has 2 aliphatic heterocycles. The summed E-state index contributed by atoms with van der Waals surface area (Å²) in [5.74, 6) is 0.844. The van der Waals surface area contributed by atoms with Crippen molar-refractivity contribution in [3.8, 4) is 5.75 Å². The van der Waals surface area contributed by atoms with Gasteiger partial charge >= 0.3 is 0 Å². The first-order chi connectivity index (χ1) is 10.3. The molecule has 2 unspecified atom stereocenters. The highest BCUT2D eigenvalue weighted by Gasteiger charge is 2.41. The molecular formula is C16H24N2O3. The monoisotopic (exact) mass is 292 g/mol. The van der Waals surface area contributed by atoms with E-state index in [-0.39, 0.29) is 11.7 Å². The molecule has 5 heteroatoms. The van der Waals surface area contributed by atoms with Gasteiger partial charge < -0.3 is 19.5 Å². The predicted molar refractivity (Wildman–Crippen MR) is 79.4 cm³/mol. The van der Waals surface area contributed by atoms with E-state index in [0.717, 1.165) is 57.0 Å². The minimum absolute atomic E-state index is 0.110. The molecule has 0 radical (unpaired) electrons. The van der Waals surface area contributed by atoms with Crippen molar-refractivity contribution in [3.63, 3.8) is 0 Å². The van der Waals surface area contributed by atoms with Gasteiger partial charge in [0.15, 0.2) is 0 Å². The summed E-state index contributed by atoms with van der Waals surface area (Å²) in [5.41, 5.74) is 0.929. The molecule has 2 atom stereocenters. The van der Waals surface area contributed by atoms with Gasteiger partial charge in [0.2, 0.25) is 0 Å². The fraction of sp³-hybridized carbons (Fsp3) is 0.688.